The van der Waals surface area contributed by atoms with Crippen molar-refractivity contribution >= 4 is 16.9 Å². The summed E-state index contributed by atoms with van der Waals surface area (Å²) in [6.07, 6.45) is -0.425. The molecule has 0 unspecified atom stereocenters. The van der Waals surface area contributed by atoms with E-state index in [4.69, 9.17) is 9.84 Å². The second-order valence-electron chi connectivity index (χ2n) is 2.67. The molecule has 0 aromatic rings. The summed E-state index contributed by atoms with van der Waals surface area (Å²) in [6.45, 7) is 0.831. The Kier molecular flexibility index (Phi) is 4.17. The lowest BCUT2D eigenvalue weighted by Crippen LogP contribution is -2.42. The zero-order valence-corrected chi connectivity index (χ0v) is 8.09. The molecule has 13 heavy (non-hydrogen) atoms. The van der Waals surface area contributed by atoms with Crippen LogP contribution in [0.1, 0.15) is 0 Å². The lowest BCUT2D eigenvalue weighted by molar-refractivity contribution is 0.0868. The fourth-order valence-electron chi connectivity index (χ4n) is 1.04. The molecule has 76 valence electrons. The third-order valence-electron chi connectivity index (χ3n) is 1.75. The van der Waals surface area contributed by atoms with E-state index in [1.807, 2.05) is 0 Å². The smallest absolute Gasteiger partial charge is 0.409 e. The summed E-state index contributed by atoms with van der Waals surface area (Å²) in [5.74, 6) is 1.04. The Labute approximate surface area is 79.1 Å². The van der Waals surface area contributed by atoms with Crippen LogP contribution >= 0.6 is 0 Å². The maximum Gasteiger partial charge on any atom is 0.409 e. The van der Waals surface area contributed by atoms with E-state index in [1.54, 1.807) is 0 Å². The Balaban J connectivity index is 2.27. The second-order valence-corrected chi connectivity index (χ2v) is 4.37. The molecular weight excluding hydrogens is 194 g/mol. The SMILES string of the molecule is O=C(OCCO)N1CCS(=O)CC1. The zero-order valence-electron chi connectivity index (χ0n) is 7.27. The third kappa shape index (κ3) is 3.31. The van der Waals surface area contributed by atoms with Gasteiger partial charge >= 0.3 is 6.09 Å². The van der Waals surface area contributed by atoms with Gasteiger partial charge in [-0.05, 0) is 0 Å². The fraction of sp³-hybridized carbons (Fsp3) is 0.857. The average Bonchev–Trinajstić information content (AvgIpc) is 2.15. The summed E-state index contributed by atoms with van der Waals surface area (Å²) in [4.78, 5) is 12.7. The van der Waals surface area contributed by atoms with Crippen molar-refractivity contribution in [3.63, 3.8) is 0 Å². The molecule has 0 spiro atoms. The molecule has 0 aromatic heterocycles. The number of hydrogen-bond donors (Lipinski definition) is 1. The average molecular weight is 207 g/mol. The summed E-state index contributed by atoms with van der Waals surface area (Å²) >= 11 is 0. The molecule has 0 saturated carbocycles. The van der Waals surface area contributed by atoms with Crippen LogP contribution in [0.3, 0.4) is 0 Å². The fourth-order valence-corrected chi connectivity index (χ4v) is 2.10. The molecule has 6 heteroatoms. The summed E-state index contributed by atoms with van der Waals surface area (Å²) < 4.78 is 15.6. The Morgan fingerprint density at radius 2 is 2.08 bits per heavy atom. The molecule has 0 aromatic carbocycles. The van der Waals surface area contributed by atoms with Gasteiger partial charge in [0, 0.05) is 35.4 Å². The van der Waals surface area contributed by atoms with Crippen molar-refractivity contribution in [2.24, 2.45) is 0 Å². The van der Waals surface area contributed by atoms with Gasteiger partial charge in [0.05, 0.1) is 6.61 Å². The second kappa shape index (κ2) is 5.18. The molecule has 1 aliphatic rings. The maximum absolute atomic E-state index is 11.2. The van der Waals surface area contributed by atoms with Gasteiger partial charge in [0.2, 0.25) is 0 Å². The molecule has 1 rings (SSSR count). The first-order valence-corrected chi connectivity index (χ1v) is 5.60. The molecule has 0 atom stereocenters. The Morgan fingerprint density at radius 3 is 2.62 bits per heavy atom. The predicted octanol–water partition coefficient (Wildman–Crippen LogP) is -0.820. The van der Waals surface area contributed by atoms with Crippen LogP contribution in [-0.4, -0.2) is 58.1 Å². The highest BCUT2D eigenvalue weighted by atomic mass is 32.2. The van der Waals surface area contributed by atoms with E-state index in [2.05, 4.69) is 0 Å². The van der Waals surface area contributed by atoms with E-state index in [0.29, 0.717) is 24.6 Å². The van der Waals surface area contributed by atoms with Gasteiger partial charge in [0.15, 0.2) is 0 Å². The standard InChI is InChI=1S/C7H13NO4S/c9-3-4-12-7(10)8-1-5-13(11)6-2-8/h9H,1-6H2. The van der Waals surface area contributed by atoms with Gasteiger partial charge in [0.1, 0.15) is 6.61 Å². The normalized spacial score (nSPS) is 18.7. The van der Waals surface area contributed by atoms with E-state index in [0.717, 1.165) is 0 Å². The van der Waals surface area contributed by atoms with Crippen LogP contribution in [0.4, 0.5) is 4.79 Å². The van der Waals surface area contributed by atoms with E-state index < -0.39 is 16.9 Å². The van der Waals surface area contributed by atoms with Crippen molar-refractivity contribution in [3.05, 3.63) is 0 Å². The van der Waals surface area contributed by atoms with Crippen molar-refractivity contribution in [1.82, 2.24) is 4.90 Å². The van der Waals surface area contributed by atoms with Crippen molar-refractivity contribution < 1.29 is 18.8 Å². The van der Waals surface area contributed by atoms with Gasteiger partial charge in [-0.25, -0.2) is 4.79 Å². The number of aliphatic hydroxyl groups excluding tert-OH is 1. The summed E-state index contributed by atoms with van der Waals surface area (Å²) in [6, 6.07) is 0. The van der Waals surface area contributed by atoms with Crippen LogP contribution in [0.5, 0.6) is 0 Å². The number of ether oxygens (including phenoxy) is 1. The molecule has 1 heterocycles. The Hall–Kier alpha value is -0.620. The van der Waals surface area contributed by atoms with Crippen molar-refractivity contribution in [3.8, 4) is 0 Å². The number of aliphatic hydroxyl groups is 1. The maximum atomic E-state index is 11.2. The van der Waals surface area contributed by atoms with Crippen LogP contribution in [0.2, 0.25) is 0 Å². The first kappa shape index (κ1) is 10.5. The lowest BCUT2D eigenvalue weighted by atomic mass is 10.5. The molecule has 5 nitrogen and oxygen atoms in total. The number of carbonyl (C=O) groups is 1. The molecule has 0 bridgehead atoms. The monoisotopic (exact) mass is 207 g/mol. The van der Waals surface area contributed by atoms with Gasteiger partial charge in [0.25, 0.3) is 0 Å². The molecular formula is C7H13NO4S. The largest absolute Gasteiger partial charge is 0.447 e. The van der Waals surface area contributed by atoms with Gasteiger partial charge in [-0.2, -0.15) is 0 Å². The minimum Gasteiger partial charge on any atom is -0.447 e. The molecule has 1 fully saturated rings. The first-order chi connectivity index (χ1) is 6.24. The molecule has 1 aliphatic heterocycles. The molecule has 0 aliphatic carbocycles. The summed E-state index contributed by atoms with van der Waals surface area (Å²) in [7, 11) is -0.782. The number of amides is 1. The van der Waals surface area contributed by atoms with Gasteiger partial charge in [-0.3, -0.25) is 4.21 Å². The number of carbonyl (C=O) groups excluding carboxylic acids is 1. The first-order valence-electron chi connectivity index (χ1n) is 4.11. The number of rotatable bonds is 2. The zero-order chi connectivity index (χ0) is 9.68. The van der Waals surface area contributed by atoms with E-state index in [-0.39, 0.29) is 13.2 Å². The minimum atomic E-state index is -0.782. The van der Waals surface area contributed by atoms with Gasteiger partial charge in [-0.15, -0.1) is 0 Å². The van der Waals surface area contributed by atoms with Gasteiger partial charge < -0.3 is 14.7 Å². The van der Waals surface area contributed by atoms with Crippen LogP contribution < -0.4 is 0 Å². The predicted molar refractivity (Wildman–Crippen MR) is 47.9 cm³/mol. The van der Waals surface area contributed by atoms with E-state index >= 15 is 0 Å². The molecule has 1 saturated heterocycles. The van der Waals surface area contributed by atoms with Crippen LogP contribution in [0.15, 0.2) is 0 Å². The van der Waals surface area contributed by atoms with Crippen LogP contribution in [0.25, 0.3) is 0 Å². The topological polar surface area (TPSA) is 66.8 Å². The van der Waals surface area contributed by atoms with Crippen LogP contribution in [0, 0.1) is 0 Å². The van der Waals surface area contributed by atoms with Crippen LogP contribution in [-0.2, 0) is 15.5 Å². The summed E-state index contributed by atoms with van der Waals surface area (Å²) in [5.41, 5.74) is 0. The van der Waals surface area contributed by atoms with E-state index in [9.17, 15) is 9.00 Å². The third-order valence-corrected chi connectivity index (χ3v) is 3.03. The Morgan fingerprint density at radius 1 is 1.46 bits per heavy atom. The number of hydrogen-bond acceptors (Lipinski definition) is 4. The lowest BCUT2D eigenvalue weighted by Gasteiger charge is -2.25. The highest BCUT2D eigenvalue weighted by Crippen LogP contribution is 2.01. The highest BCUT2D eigenvalue weighted by Gasteiger charge is 2.20. The van der Waals surface area contributed by atoms with Crippen molar-refractivity contribution in [2.75, 3.05) is 37.8 Å². The van der Waals surface area contributed by atoms with Crippen molar-refractivity contribution in [2.45, 2.75) is 0 Å². The summed E-state index contributed by atoms with van der Waals surface area (Å²) in [5, 5.41) is 8.41. The Bertz CT molecular complexity index is 199. The highest BCUT2D eigenvalue weighted by molar-refractivity contribution is 7.85. The molecule has 1 N–H and O–H groups in total. The molecule has 1 amide bonds. The van der Waals surface area contributed by atoms with Gasteiger partial charge in [-0.1, -0.05) is 0 Å². The van der Waals surface area contributed by atoms with Crippen molar-refractivity contribution in [1.29, 1.82) is 0 Å². The minimum absolute atomic E-state index is 0.0262. The number of nitrogens with zero attached hydrogens (tertiary/aromatic N) is 1. The van der Waals surface area contributed by atoms with E-state index in [1.165, 1.54) is 4.90 Å². The molecule has 0 radical (unpaired) electrons. The quantitative estimate of drug-likeness (QED) is 0.642.